The van der Waals surface area contributed by atoms with Crippen molar-refractivity contribution in [1.29, 1.82) is 0 Å². The molecule has 2 aromatic rings. The summed E-state index contributed by atoms with van der Waals surface area (Å²) in [6.45, 7) is 4.11. The van der Waals surface area contributed by atoms with Crippen LogP contribution in [0.25, 0.3) is 0 Å². The summed E-state index contributed by atoms with van der Waals surface area (Å²) in [6, 6.07) is 11.1. The third-order valence-corrected chi connectivity index (χ3v) is 6.23. The summed E-state index contributed by atoms with van der Waals surface area (Å²) in [5.41, 5.74) is 1.26. The number of hydrogen-bond donors (Lipinski definition) is 1. The molecule has 1 fully saturated rings. The van der Waals surface area contributed by atoms with E-state index in [-0.39, 0.29) is 5.91 Å². The van der Waals surface area contributed by atoms with Crippen molar-refractivity contribution < 1.29 is 23.3 Å². The highest BCUT2D eigenvalue weighted by Gasteiger charge is 2.21. The van der Waals surface area contributed by atoms with Crippen LogP contribution in [0.3, 0.4) is 0 Å². The van der Waals surface area contributed by atoms with Gasteiger partial charge in [0.1, 0.15) is 11.0 Å². The molecular formula is C20H21ClN2O5S. The largest absolute Gasteiger partial charge is 0.462 e. The molecule has 9 heteroatoms. The van der Waals surface area contributed by atoms with Crippen LogP contribution in [0, 0.1) is 0 Å². The van der Waals surface area contributed by atoms with E-state index in [0.717, 1.165) is 0 Å². The van der Waals surface area contributed by atoms with Crippen LogP contribution in [0.4, 0.5) is 5.69 Å². The molecule has 29 heavy (non-hydrogen) atoms. The van der Waals surface area contributed by atoms with Gasteiger partial charge in [-0.1, -0.05) is 11.6 Å². The van der Waals surface area contributed by atoms with E-state index < -0.39 is 17.0 Å². The number of ether oxygens (including phenoxy) is 2. The second-order valence-corrected chi connectivity index (χ2v) is 8.05. The Morgan fingerprint density at radius 2 is 1.79 bits per heavy atom. The Labute approximate surface area is 176 Å². The van der Waals surface area contributed by atoms with Crippen LogP contribution in [0.15, 0.2) is 47.4 Å². The average molecular weight is 437 g/mol. The molecular weight excluding hydrogens is 416 g/mol. The third-order valence-electron chi connectivity index (χ3n) is 4.24. The van der Waals surface area contributed by atoms with Crippen molar-refractivity contribution in [2.45, 2.75) is 11.8 Å². The molecule has 1 amide bonds. The number of nitrogens with zero attached hydrogens (tertiary/aromatic N) is 1. The number of nitrogens with one attached hydrogen (secondary N) is 1. The lowest BCUT2D eigenvalue weighted by Crippen LogP contribution is -2.37. The van der Waals surface area contributed by atoms with Crippen LogP contribution in [0.5, 0.6) is 0 Å². The van der Waals surface area contributed by atoms with Gasteiger partial charge >= 0.3 is 5.97 Å². The summed E-state index contributed by atoms with van der Waals surface area (Å²) in [7, 11) is -1.48. The Bertz CT molecular complexity index is 914. The molecule has 3 rings (SSSR count). The number of halogens is 1. The van der Waals surface area contributed by atoms with Crippen LogP contribution in [0.1, 0.15) is 27.6 Å². The first-order valence-electron chi connectivity index (χ1n) is 9.12. The first kappa shape index (κ1) is 21.4. The normalized spacial score (nSPS) is 15.5. The number of morpholine rings is 1. The van der Waals surface area contributed by atoms with Crippen molar-refractivity contribution in [2.24, 2.45) is 0 Å². The summed E-state index contributed by atoms with van der Waals surface area (Å²) in [5.74, 6) is -0.788. The van der Waals surface area contributed by atoms with E-state index in [1.807, 2.05) is 0 Å². The molecule has 154 valence electrons. The van der Waals surface area contributed by atoms with Crippen LogP contribution in [-0.2, 0) is 20.5 Å². The van der Waals surface area contributed by atoms with Crippen molar-refractivity contribution in [3.05, 3.63) is 58.6 Å². The standard InChI is InChI=1S/C20H21ClN2O5S/c1-2-28-20(25)14-3-6-16(7-4-14)22-19(24)15-5-8-17(21)18(13-15)29(26)23-9-11-27-12-10-23/h3-8,13H,2,9-12H2,1H3,(H,22,24). The van der Waals surface area contributed by atoms with E-state index in [1.54, 1.807) is 47.6 Å². The monoisotopic (exact) mass is 436 g/mol. The maximum atomic E-state index is 12.8. The predicted molar refractivity (Wildman–Crippen MR) is 111 cm³/mol. The molecule has 1 saturated heterocycles. The first-order chi connectivity index (χ1) is 14.0. The van der Waals surface area contributed by atoms with Crippen LogP contribution in [0.2, 0.25) is 5.02 Å². The lowest BCUT2D eigenvalue weighted by molar-refractivity contribution is 0.0526. The van der Waals surface area contributed by atoms with Gasteiger partial charge in [-0.25, -0.2) is 13.3 Å². The smallest absolute Gasteiger partial charge is 0.338 e. The number of rotatable bonds is 6. The molecule has 7 nitrogen and oxygen atoms in total. The topological polar surface area (TPSA) is 84.9 Å². The molecule has 1 N–H and O–H groups in total. The van der Waals surface area contributed by atoms with E-state index in [2.05, 4.69) is 5.32 Å². The molecule has 0 saturated carbocycles. The van der Waals surface area contributed by atoms with Crippen LogP contribution < -0.4 is 5.32 Å². The summed E-state index contributed by atoms with van der Waals surface area (Å²) in [5, 5.41) is 3.09. The van der Waals surface area contributed by atoms with Crippen molar-refractivity contribution in [3.8, 4) is 0 Å². The predicted octanol–water partition coefficient (Wildman–Crippen LogP) is 3.12. The van der Waals surface area contributed by atoms with Gasteiger partial charge in [-0.15, -0.1) is 0 Å². The number of benzene rings is 2. The summed E-state index contributed by atoms with van der Waals surface area (Å²) < 4.78 is 24.8. The highest BCUT2D eigenvalue weighted by molar-refractivity contribution is 7.82. The van der Waals surface area contributed by atoms with Gasteiger partial charge in [-0.05, 0) is 49.4 Å². The number of esters is 1. The van der Waals surface area contributed by atoms with E-state index in [9.17, 15) is 13.8 Å². The van der Waals surface area contributed by atoms with Gasteiger partial charge < -0.3 is 14.8 Å². The zero-order valence-electron chi connectivity index (χ0n) is 15.9. The van der Waals surface area contributed by atoms with Gasteiger partial charge in [0, 0.05) is 24.3 Å². The molecule has 1 aliphatic heterocycles. The van der Waals surface area contributed by atoms with E-state index in [1.165, 1.54) is 6.07 Å². The minimum Gasteiger partial charge on any atom is -0.462 e. The Hall–Kier alpha value is -2.26. The fourth-order valence-electron chi connectivity index (χ4n) is 2.74. The fourth-order valence-corrected chi connectivity index (χ4v) is 4.27. The zero-order chi connectivity index (χ0) is 20.8. The van der Waals surface area contributed by atoms with Gasteiger partial charge in [0.05, 0.1) is 35.3 Å². The second-order valence-electron chi connectivity index (χ2n) is 6.19. The molecule has 0 spiro atoms. The van der Waals surface area contributed by atoms with Gasteiger partial charge in [0.2, 0.25) is 0 Å². The van der Waals surface area contributed by atoms with Crippen LogP contribution in [-0.4, -0.2) is 53.3 Å². The van der Waals surface area contributed by atoms with Crippen molar-refractivity contribution in [3.63, 3.8) is 0 Å². The molecule has 1 heterocycles. The lowest BCUT2D eigenvalue weighted by atomic mass is 10.2. The Balaban J connectivity index is 1.72. The van der Waals surface area contributed by atoms with Gasteiger partial charge in [-0.3, -0.25) is 4.79 Å². The molecule has 1 atom stereocenters. The molecule has 0 radical (unpaired) electrons. The van der Waals surface area contributed by atoms with E-state index >= 15 is 0 Å². The number of carbonyl (C=O) groups excluding carboxylic acids is 2. The fraction of sp³-hybridized carbons (Fsp3) is 0.300. The highest BCUT2D eigenvalue weighted by Crippen LogP contribution is 2.24. The number of hydrogen-bond acceptors (Lipinski definition) is 5. The Kier molecular flexibility index (Phi) is 7.38. The number of carbonyl (C=O) groups is 2. The highest BCUT2D eigenvalue weighted by atomic mass is 35.5. The molecule has 0 aliphatic carbocycles. The molecule has 1 unspecified atom stereocenters. The van der Waals surface area contributed by atoms with E-state index in [0.29, 0.717) is 59.6 Å². The first-order valence-corrected chi connectivity index (χ1v) is 10.6. The summed E-state index contributed by atoms with van der Waals surface area (Å²) in [4.78, 5) is 24.7. The summed E-state index contributed by atoms with van der Waals surface area (Å²) >= 11 is 6.22. The van der Waals surface area contributed by atoms with Crippen LogP contribution >= 0.6 is 11.6 Å². The molecule has 2 aromatic carbocycles. The minimum absolute atomic E-state index is 0.294. The molecule has 0 aromatic heterocycles. The maximum Gasteiger partial charge on any atom is 0.338 e. The van der Waals surface area contributed by atoms with Gasteiger partial charge in [0.25, 0.3) is 5.91 Å². The van der Waals surface area contributed by atoms with Crippen molar-refractivity contribution in [2.75, 3.05) is 38.2 Å². The van der Waals surface area contributed by atoms with E-state index in [4.69, 9.17) is 21.1 Å². The summed E-state index contributed by atoms with van der Waals surface area (Å²) in [6.07, 6.45) is 0. The maximum absolute atomic E-state index is 12.8. The number of anilines is 1. The SMILES string of the molecule is CCOC(=O)c1ccc(NC(=O)c2ccc(Cl)c(S(=O)N3CCOCC3)c2)cc1. The van der Waals surface area contributed by atoms with Gasteiger partial charge in [-0.2, -0.15) is 0 Å². The zero-order valence-corrected chi connectivity index (χ0v) is 17.4. The molecule has 1 aliphatic rings. The second kappa shape index (κ2) is 9.98. The Morgan fingerprint density at radius 1 is 1.14 bits per heavy atom. The Morgan fingerprint density at radius 3 is 2.45 bits per heavy atom. The van der Waals surface area contributed by atoms with Crippen molar-refractivity contribution >= 4 is 40.2 Å². The third kappa shape index (κ3) is 5.42. The molecule has 0 bridgehead atoms. The minimum atomic E-state index is -1.48. The average Bonchev–Trinajstić information content (AvgIpc) is 2.75. The lowest BCUT2D eigenvalue weighted by Gasteiger charge is -2.25. The number of amides is 1. The van der Waals surface area contributed by atoms with Gasteiger partial charge in [0.15, 0.2) is 0 Å². The van der Waals surface area contributed by atoms with Crippen molar-refractivity contribution in [1.82, 2.24) is 4.31 Å². The quantitative estimate of drug-likeness (QED) is 0.703.